The third kappa shape index (κ3) is 2.21. The van der Waals surface area contributed by atoms with Gasteiger partial charge in [-0.25, -0.2) is 0 Å². The summed E-state index contributed by atoms with van der Waals surface area (Å²) in [4.78, 5) is 4.34. The Labute approximate surface area is 78.8 Å². The molecule has 0 amide bonds. The molecule has 0 aliphatic carbocycles. The SMILES string of the molecule is CC(C)(C)c1ccc(CCl)cn1. The molecule has 66 valence electrons. The number of nitrogens with zero attached hydrogens (tertiary/aromatic N) is 1. The van der Waals surface area contributed by atoms with Gasteiger partial charge in [-0.3, -0.25) is 4.98 Å². The smallest absolute Gasteiger partial charge is 0.0489 e. The van der Waals surface area contributed by atoms with Crippen LogP contribution in [0.1, 0.15) is 32.0 Å². The number of hydrogen-bond donors (Lipinski definition) is 0. The Morgan fingerprint density at radius 3 is 2.33 bits per heavy atom. The van der Waals surface area contributed by atoms with Gasteiger partial charge in [-0.05, 0) is 11.6 Å². The van der Waals surface area contributed by atoms with Crippen LogP contribution in [-0.2, 0) is 11.3 Å². The monoisotopic (exact) mass is 183 g/mol. The number of hydrogen-bond acceptors (Lipinski definition) is 1. The van der Waals surface area contributed by atoms with Gasteiger partial charge in [0.2, 0.25) is 0 Å². The standard InChI is InChI=1S/C10H14ClN/c1-10(2,3)9-5-4-8(6-11)7-12-9/h4-5,7H,6H2,1-3H3. The van der Waals surface area contributed by atoms with Crippen LogP contribution < -0.4 is 0 Å². The minimum atomic E-state index is 0.130. The molecule has 2 heteroatoms. The van der Waals surface area contributed by atoms with Gasteiger partial charge >= 0.3 is 0 Å². The zero-order valence-electron chi connectivity index (χ0n) is 7.76. The molecule has 12 heavy (non-hydrogen) atoms. The molecule has 0 saturated heterocycles. The van der Waals surface area contributed by atoms with Gasteiger partial charge in [-0.2, -0.15) is 0 Å². The molecule has 0 aliphatic heterocycles. The lowest BCUT2D eigenvalue weighted by Crippen LogP contribution is -2.13. The largest absolute Gasteiger partial charge is 0.260 e. The summed E-state index contributed by atoms with van der Waals surface area (Å²) in [6, 6.07) is 4.07. The number of pyridine rings is 1. The predicted molar refractivity (Wildman–Crippen MR) is 52.5 cm³/mol. The Morgan fingerprint density at radius 2 is 2.00 bits per heavy atom. The van der Waals surface area contributed by atoms with Crippen molar-refractivity contribution in [1.29, 1.82) is 0 Å². The summed E-state index contributed by atoms with van der Waals surface area (Å²) in [5, 5.41) is 0. The van der Waals surface area contributed by atoms with Crippen molar-refractivity contribution in [3.63, 3.8) is 0 Å². The van der Waals surface area contributed by atoms with Crippen LogP contribution in [0.2, 0.25) is 0 Å². The summed E-state index contributed by atoms with van der Waals surface area (Å²) in [5.41, 5.74) is 2.31. The van der Waals surface area contributed by atoms with Gasteiger partial charge in [0, 0.05) is 23.2 Å². The van der Waals surface area contributed by atoms with Crippen molar-refractivity contribution < 1.29 is 0 Å². The minimum Gasteiger partial charge on any atom is -0.260 e. The average Bonchev–Trinajstić information content (AvgIpc) is 2.03. The van der Waals surface area contributed by atoms with E-state index in [0.29, 0.717) is 5.88 Å². The first-order chi connectivity index (χ1) is 5.54. The molecule has 0 spiro atoms. The fourth-order valence-electron chi connectivity index (χ4n) is 0.947. The van der Waals surface area contributed by atoms with E-state index in [1.807, 2.05) is 18.3 Å². The van der Waals surface area contributed by atoms with E-state index >= 15 is 0 Å². The van der Waals surface area contributed by atoms with E-state index < -0.39 is 0 Å². The molecule has 1 rings (SSSR count). The first-order valence-corrected chi connectivity index (χ1v) is 4.59. The summed E-state index contributed by atoms with van der Waals surface area (Å²) in [6.45, 7) is 6.45. The Morgan fingerprint density at radius 1 is 1.33 bits per heavy atom. The van der Waals surface area contributed by atoms with Crippen molar-refractivity contribution in [3.05, 3.63) is 29.6 Å². The summed E-state index contributed by atoms with van der Waals surface area (Å²) in [7, 11) is 0. The molecule has 1 aromatic heterocycles. The van der Waals surface area contributed by atoms with Crippen LogP contribution in [0.3, 0.4) is 0 Å². The van der Waals surface area contributed by atoms with E-state index in [-0.39, 0.29) is 5.41 Å². The van der Waals surface area contributed by atoms with E-state index in [1.165, 1.54) is 0 Å². The Bertz CT molecular complexity index is 246. The molecule has 0 unspecified atom stereocenters. The van der Waals surface area contributed by atoms with E-state index in [4.69, 9.17) is 11.6 Å². The lowest BCUT2D eigenvalue weighted by molar-refractivity contribution is 0.568. The number of rotatable bonds is 1. The third-order valence-corrected chi connectivity index (χ3v) is 2.06. The Kier molecular flexibility index (Phi) is 2.73. The molecule has 1 heterocycles. The second-order valence-corrected chi connectivity index (χ2v) is 4.20. The maximum Gasteiger partial charge on any atom is 0.0489 e. The molecule has 0 aromatic carbocycles. The van der Waals surface area contributed by atoms with Crippen molar-refractivity contribution in [3.8, 4) is 0 Å². The van der Waals surface area contributed by atoms with Crippen LogP contribution in [0, 0.1) is 0 Å². The quantitative estimate of drug-likeness (QED) is 0.610. The first-order valence-electron chi connectivity index (χ1n) is 4.05. The highest BCUT2D eigenvalue weighted by atomic mass is 35.5. The predicted octanol–water partition coefficient (Wildman–Crippen LogP) is 3.12. The fourth-order valence-corrected chi connectivity index (χ4v) is 1.11. The lowest BCUT2D eigenvalue weighted by Gasteiger charge is -2.17. The van der Waals surface area contributed by atoms with E-state index in [9.17, 15) is 0 Å². The number of alkyl halides is 1. The van der Waals surface area contributed by atoms with Gasteiger partial charge in [0.1, 0.15) is 0 Å². The molecule has 0 N–H and O–H groups in total. The molecule has 1 nitrogen and oxygen atoms in total. The number of aromatic nitrogens is 1. The van der Waals surface area contributed by atoms with Gasteiger partial charge in [-0.15, -0.1) is 11.6 Å². The maximum absolute atomic E-state index is 5.65. The van der Waals surface area contributed by atoms with Crippen LogP contribution in [0.4, 0.5) is 0 Å². The van der Waals surface area contributed by atoms with Crippen LogP contribution in [0.15, 0.2) is 18.3 Å². The molecule has 0 saturated carbocycles. The minimum absolute atomic E-state index is 0.130. The van der Waals surface area contributed by atoms with E-state index in [0.717, 1.165) is 11.3 Å². The Hall–Kier alpha value is -0.560. The normalized spacial score (nSPS) is 11.7. The van der Waals surface area contributed by atoms with Crippen molar-refractivity contribution >= 4 is 11.6 Å². The van der Waals surface area contributed by atoms with Gasteiger partial charge in [0.15, 0.2) is 0 Å². The molecule has 0 fully saturated rings. The van der Waals surface area contributed by atoms with Crippen molar-refractivity contribution in [1.82, 2.24) is 4.98 Å². The Balaban J connectivity index is 2.93. The molecule has 0 aliphatic rings. The van der Waals surface area contributed by atoms with Crippen LogP contribution in [0.25, 0.3) is 0 Å². The van der Waals surface area contributed by atoms with Crippen LogP contribution >= 0.6 is 11.6 Å². The zero-order valence-corrected chi connectivity index (χ0v) is 8.52. The van der Waals surface area contributed by atoms with E-state index in [2.05, 4.69) is 25.8 Å². The van der Waals surface area contributed by atoms with E-state index in [1.54, 1.807) is 0 Å². The molecule has 0 radical (unpaired) electrons. The van der Waals surface area contributed by atoms with Crippen molar-refractivity contribution in [2.24, 2.45) is 0 Å². The summed E-state index contributed by atoms with van der Waals surface area (Å²) in [5.74, 6) is 0.539. The highest BCUT2D eigenvalue weighted by Crippen LogP contribution is 2.19. The van der Waals surface area contributed by atoms with Gasteiger partial charge < -0.3 is 0 Å². The van der Waals surface area contributed by atoms with Gasteiger partial charge in [0.05, 0.1) is 0 Å². The van der Waals surface area contributed by atoms with Crippen LogP contribution in [-0.4, -0.2) is 4.98 Å². The maximum atomic E-state index is 5.65. The highest BCUT2D eigenvalue weighted by Gasteiger charge is 2.14. The average molecular weight is 184 g/mol. The number of halogens is 1. The highest BCUT2D eigenvalue weighted by molar-refractivity contribution is 6.17. The molecular weight excluding hydrogens is 170 g/mol. The van der Waals surface area contributed by atoms with Crippen LogP contribution in [0.5, 0.6) is 0 Å². The second kappa shape index (κ2) is 3.44. The third-order valence-electron chi connectivity index (χ3n) is 1.75. The molecule has 1 aromatic rings. The summed E-state index contributed by atoms with van der Waals surface area (Å²) < 4.78 is 0. The first kappa shape index (κ1) is 9.53. The topological polar surface area (TPSA) is 12.9 Å². The molecular formula is C10H14ClN. The molecule has 0 bridgehead atoms. The lowest BCUT2D eigenvalue weighted by atomic mass is 9.91. The summed E-state index contributed by atoms with van der Waals surface area (Å²) >= 11 is 5.65. The van der Waals surface area contributed by atoms with Gasteiger partial charge in [-0.1, -0.05) is 26.8 Å². The fraction of sp³-hybridized carbons (Fsp3) is 0.500. The molecule has 0 atom stereocenters. The zero-order chi connectivity index (χ0) is 9.19. The summed E-state index contributed by atoms with van der Waals surface area (Å²) in [6.07, 6.45) is 1.84. The van der Waals surface area contributed by atoms with Gasteiger partial charge in [0.25, 0.3) is 0 Å². The second-order valence-electron chi connectivity index (χ2n) is 3.94. The van der Waals surface area contributed by atoms with Crippen molar-refractivity contribution in [2.75, 3.05) is 0 Å². The van der Waals surface area contributed by atoms with Crippen molar-refractivity contribution in [2.45, 2.75) is 32.1 Å².